The molecule has 2 aromatic rings. The van der Waals surface area contributed by atoms with E-state index in [9.17, 15) is 0 Å². The van der Waals surface area contributed by atoms with Gasteiger partial charge in [-0.2, -0.15) is 0 Å². The van der Waals surface area contributed by atoms with E-state index in [4.69, 9.17) is 0 Å². The van der Waals surface area contributed by atoms with Crippen molar-refractivity contribution >= 4 is 5.69 Å². The lowest BCUT2D eigenvalue weighted by Gasteiger charge is -2.18. The van der Waals surface area contributed by atoms with E-state index < -0.39 is 0 Å². The minimum absolute atomic E-state index is 0.502. The average molecular weight is 265 g/mol. The number of nitrogens with one attached hydrogen (secondary N) is 1. The molecule has 0 aliphatic heterocycles. The van der Waals surface area contributed by atoms with Crippen LogP contribution in [-0.2, 0) is 0 Å². The smallest absolute Gasteiger partial charge is 0.0342 e. The van der Waals surface area contributed by atoms with Crippen LogP contribution in [0.4, 0.5) is 5.69 Å². The number of hydrogen-bond acceptors (Lipinski definition) is 1. The highest BCUT2D eigenvalue weighted by molar-refractivity contribution is 5.65. The van der Waals surface area contributed by atoms with Crippen LogP contribution in [0.25, 0.3) is 11.1 Å². The van der Waals surface area contributed by atoms with Crippen molar-refractivity contribution in [2.24, 2.45) is 5.41 Å². The summed E-state index contributed by atoms with van der Waals surface area (Å²) in [6.07, 6.45) is 3.88. The molecular weight excluding hydrogens is 242 g/mol. The molecule has 20 heavy (non-hydrogen) atoms. The lowest BCUT2D eigenvalue weighted by atomic mass is 9.92. The summed E-state index contributed by atoms with van der Waals surface area (Å²) in [7, 11) is 0. The fraction of sp³-hybridized carbons (Fsp3) is 0.368. The van der Waals surface area contributed by atoms with Crippen molar-refractivity contribution < 1.29 is 0 Å². The van der Waals surface area contributed by atoms with Crippen molar-refractivity contribution in [1.82, 2.24) is 0 Å². The summed E-state index contributed by atoms with van der Waals surface area (Å²) in [5.41, 5.74) is 4.30. The first-order valence-corrected chi connectivity index (χ1v) is 7.54. The molecule has 1 nitrogen and oxygen atoms in total. The first kappa shape index (κ1) is 13.2. The van der Waals surface area contributed by atoms with Crippen LogP contribution < -0.4 is 5.32 Å². The predicted octanol–water partition coefficient (Wildman–Crippen LogP) is 5.34. The summed E-state index contributed by atoms with van der Waals surface area (Å²) in [5.74, 6) is 0. The molecule has 0 saturated heterocycles. The molecule has 1 aliphatic carbocycles. The molecule has 0 aromatic heterocycles. The van der Waals surface area contributed by atoms with Crippen molar-refractivity contribution in [1.29, 1.82) is 0 Å². The van der Waals surface area contributed by atoms with E-state index in [0.29, 0.717) is 11.5 Å². The zero-order valence-corrected chi connectivity index (χ0v) is 12.4. The van der Waals surface area contributed by atoms with Crippen LogP contribution in [0.2, 0.25) is 0 Å². The van der Waals surface area contributed by atoms with Crippen molar-refractivity contribution in [2.45, 2.75) is 39.2 Å². The molecular formula is C19H23N. The van der Waals surface area contributed by atoms with Gasteiger partial charge in [-0.1, -0.05) is 56.3 Å². The minimum Gasteiger partial charge on any atom is -0.382 e. The van der Waals surface area contributed by atoms with Crippen LogP contribution in [0.1, 0.15) is 33.1 Å². The zero-order chi connectivity index (χ0) is 14.0. The van der Waals surface area contributed by atoms with Gasteiger partial charge in [-0.25, -0.2) is 0 Å². The van der Waals surface area contributed by atoms with Crippen molar-refractivity contribution in [3.05, 3.63) is 54.6 Å². The number of rotatable bonds is 3. The summed E-state index contributed by atoms with van der Waals surface area (Å²) < 4.78 is 0. The molecule has 1 N–H and O–H groups in total. The molecule has 1 fully saturated rings. The van der Waals surface area contributed by atoms with Gasteiger partial charge in [0.1, 0.15) is 0 Å². The van der Waals surface area contributed by atoms with Crippen LogP contribution in [0, 0.1) is 5.41 Å². The van der Waals surface area contributed by atoms with Gasteiger partial charge in [0.15, 0.2) is 0 Å². The van der Waals surface area contributed by atoms with Gasteiger partial charge >= 0.3 is 0 Å². The Kier molecular flexibility index (Phi) is 3.52. The molecule has 2 aromatic carbocycles. The van der Waals surface area contributed by atoms with Crippen LogP contribution >= 0.6 is 0 Å². The number of hydrogen-bond donors (Lipinski definition) is 1. The third kappa shape index (κ3) is 3.04. The van der Waals surface area contributed by atoms with Crippen molar-refractivity contribution in [3.8, 4) is 11.1 Å². The van der Waals surface area contributed by atoms with E-state index in [0.717, 1.165) is 0 Å². The Morgan fingerprint density at radius 1 is 0.900 bits per heavy atom. The van der Waals surface area contributed by atoms with Gasteiger partial charge in [0.2, 0.25) is 0 Å². The zero-order valence-electron chi connectivity index (χ0n) is 12.4. The van der Waals surface area contributed by atoms with Crippen LogP contribution in [-0.4, -0.2) is 6.04 Å². The van der Waals surface area contributed by atoms with E-state index in [-0.39, 0.29) is 0 Å². The van der Waals surface area contributed by atoms with Crippen molar-refractivity contribution in [3.63, 3.8) is 0 Å². The minimum atomic E-state index is 0.502. The van der Waals surface area contributed by atoms with Gasteiger partial charge in [0, 0.05) is 11.7 Å². The SMILES string of the molecule is CC1(C)CCC(Nc2ccc(-c3ccccc3)cc2)C1. The molecule has 0 radical (unpaired) electrons. The maximum Gasteiger partial charge on any atom is 0.0342 e. The fourth-order valence-corrected chi connectivity index (χ4v) is 3.18. The Morgan fingerprint density at radius 3 is 2.15 bits per heavy atom. The molecule has 104 valence electrons. The van der Waals surface area contributed by atoms with E-state index >= 15 is 0 Å². The first-order valence-electron chi connectivity index (χ1n) is 7.54. The molecule has 1 saturated carbocycles. The second-order valence-corrected chi connectivity index (χ2v) is 6.69. The topological polar surface area (TPSA) is 12.0 Å². The van der Waals surface area contributed by atoms with E-state index in [1.54, 1.807) is 0 Å². The monoisotopic (exact) mass is 265 g/mol. The molecule has 0 spiro atoms. The molecule has 0 bridgehead atoms. The second kappa shape index (κ2) is 5.32. The van der Waals surface area contributed by atoms with Gasteiger partial charge in [-0.15, -0.1) is 0 Å². The molecule has 0 amide bonds. The van der Waals surface area contributed by atoms with Gasteiger partial charge in [0.05, 0.1) is 0 Å². The fourth-order valence-electron chi connectivity index (χ4n) is 3.18. The highest BCUT2D eigenvalue weighted by atomic mass is 14.9. The van der Waals surface area contributed by atoms with Crippen LogP contribution in [0.5, 0.6) is 0 Å². The highest BCUT2D eigenvalue weighted by Crippen LogP contribution is 2.38. The Balaban J connectivity index is 1.68. The predicted molar refractivity (Wildman–Crippen MR) is 86.9 cm³/mol. The van der Waals surface area contributed by atoms with E-state index in [1.807, 2.05) is 0 Å². The maximum atomic E-state index is 3.68. The molecule has 1 heteroatoms. The summed E-state index contributed by atoms with van der Waals surface area (Å²) >= 11 is 0. The third-order valence-electron chi connectivity index (χ3n) is 4.33. The summed E-state index contributed by atoms with van der Waals surface area (Å²) in [4.78, 5) is 0. The van der Waals surface area contributed by atoms with E-state index in [1.165, 1.54) is 36.1 Å². The Morgan fingerprint density at radius 2 is 1.55 bits per heavy atom. The summed E-state index contributed by atoms with van der Waals surface area (Å²) in [6.45, 7) is 4.74. The summed E-state index contributed by atoms with van der Waals surface area (Å²) in [5, 5.41) is 3.68. The molecule has 3 rings (SSSR count). The molecule has 1 atom stereocenters. The number of anilines is 1. The Hall–Kier alpha value is -1.76. The molecule has 1 unspecified atom stereocenters. The highest BCUT2D eigenvalue weighted by Gasteiger charge is 2.30. The third-order valence-corrected chi connectivity index (χ3v) is 4.33. The standard InChI is InChI=1S/C19H23N/c1-19(2)13-12-18(14-19)20-17-10-8-16(9-11-17)15-6-4-3-5-7-15/h3-11,18,20H,12-14H2,1-2H3. The van der Waals surface area contributed by atoms with Gasteiger partial charge in [-0.3, -0.25) is 0 Å². The van der Waals surface area contributed by atoms with Gasteiger partial charge < -0.3 is 5.32 Å². The van der Waals surface area contributed by atoms with Crippen LogP contribution in [0.3, 0.4) is 0 Å². The maximum absolute atomic E-state index is 3.68. The lowest BCUT2D eigenvalue weighted by molar-refractivity contribution is 0.378. The number of benzene rings is 2. The van der Waals surface area contributed by atoms with Gasteiger partial charge in [0.25, 0.3) is 0 Å². The van der Waals surface area contributed by atoms with E-state index in [2.05, 4.69) is 73.8 Å². The Labute approximate surface area is 122 Å². The second-order valence-electron chi connectivity index (χ2n) is 6.69. The Bertz CT molecular complexity index is 554. The lowest BCUT2D eigenvalue weighted by Crippen LogP contribution is -2.17. The molecule has 1 aliphatic rings. The van der Waals surface area contributed by atoms with Crippen molar-refractivity contribution in [2.75, 3.05) is 5.32 Å². The average Bonchev–Trinajstić information content (AvgIpc) is 2.80. The first-order chi connectivity index (χ1) is 9.62. The van der Waals surface area contributed by atoms with Gasteiger partial charge in [-0.05, 0) is 47.9 Å². The van der Waals surface area contributed by atoms with Crippen LogP contribution in [0.15, 0.2) is 54.6 Å². The largest absolute Gasteiger partial charge is 0.382 e. The summed E-state index contributed by atoms with van der Waals surface area (Å²) in [6, 6.07) is 20.0. The molecule has 0 heterocycles. The quantitative estimate of drug-likeness (QED) is 0.789. The normalized spacial score (nSPS) is 20.8.